The van der Waals surface area contributed by atoms with E-state index in [4.69, 9.17) is 14.6 Å². The van der Waals surface area contributed by atoms with E-state index in [0.717, 1.165) is 0 Å². The third kappa shape index (κ3) is 10.8. The SMILES string of the molecule is CC(C)(C)OC(=O)N=S(C)(=O)Cc1cc(N[O-])cc(OCCCCO)c1.O. The lowest BCUT2D eigenvalue weighted by Gasteiger charge is -2.18. The second-order valence-electron chi connectivity index (χ2n) is 6.92. The molecule has 1 atom stereocenters. The zero-order valence-corrected chi connectivity index (χ0v) is 16.9. The average Bonchev–Trinajstić information content (AvgIpc) is 2.48. The number of unbranched alkanes of at least 4 members (excludes halogenated alkanes) is 1. The Balaban J connectivity index is 0.00000676. The van der Waals surface area contributed by atoms with Crippen molar-refractivity contribution in [3.63, 3.8) is 0 Å². The molecular weight excluding hydrogens is 376 g/mol. The van der Waals surface area contributed by atoms with E-state index in [1.807, 2.05) is 0 Å². The van der Waals surface area contributed by atoms with E-state index in [9.17, 15) is 14.2 Å². The fourth-order valence-electron chi connectivity index (χ4n) is 2.07. The summed E-state index contributed by atoms with van der Waals surface area (Å²) in [6.45, 7) is 5.55. The highest BCUT2D eigenvalue weighted by Crippen LogP contribution is 2.23. The molecule has 27 heavy (non-hydrogen) atoms. The summed E-state index contributed by atoms with van der Waals surface area (Å²) in [7, 11) is -2.90. The van der Waals surface area contributed by atoms with Crippen molar-refractivity contribution in [3.05, 3.63) is 29.0 Å². The highest BCUT2D eigenvalue weighted by molar-refractivity contribution is 7.92. The number of benzene rings is 1. The minimum absolute atomic E-state index is 0. The predicted octanol–water partition coefficient (Wildman–Crippen LogP) is 2.46. The van der Waals surface area contributed by atoms with Gasteiger partial charge in [0.2, 0.25) is 0 Å². The molecule has 0 aliphatic rings. The minimum atomic E-state index is -2.90. The third-order valence-corrected chi connectivity index (χ3v) is 4.41. The van der Waals surface area contributed by atoms with Crippen molar-refractivity contribution < 1.29 is 29.1 Å². The molecule has 9 nitrogen and oxygen atoms in total. The zero-order chi connectivity index (χ0) is 19.8. The van der Waals surface area contributed by atoms with Gasteiger partial charge < -0.3 is 30.7 Å². The van der Waals surface area contributed by atoms with Crippen molar-refractivity contribution in [3.8, 4) is 5.75 Å². The number of ether oxygens (including phenoxy) is 2. The van der Waals surface area contributed by atoms with Crippen LogP contribution < -0.4 is 10.2 Å². The number of carbonyl (C=O) groups excluding carboxylic acids is 1. The van der Waals surface area contributed by atoms with Crippen LogP contribution >= 0.6 is 0 Å². The van der Waals surface area contributed by atoms with E-state index >= 15 is 0 Å². The molecule has 0 spiro atoms. The number of nitrogens with zero attached hydrogens (tertiary/aromatic N) is 1. The summed E-state index contributed by atoms with van der Waals surface area (Å²) in [5.41, 5.74) is 1.86. The lowest BCUT2D eigenvalue weighted by molar-refractivity contribution is 0.0607. The first kappa shape index (κ1) is 25.1. The highest BCUT2D eigenvalue weighted by atomic mass is 32.2. The maximum absolute atomic E-state index is 12.6. The van der Waals surface area contributed by atoms with E-state index in [2.05, 4.69) is 4.36 Å². The Morgan fingerprint density at radius 3 is 2.52 bits per heavy atom. The molecule has 1 rings (SSSR count). The van der Waals surface area contributed by atoms with Crippen LogP contribution in [-0.4, -0.2) is 46.0 Å². The van der Waals surface area contributed by atoms with Gasteiger partial charge in [0.05, 0.1) is 22.1 Å². The zero-order valence-electron chi connectivity index (χ0n) is 16.1. The van der Waals surface area contributed by atoms with Gasteiger partial charge in [-0.05, 0) is 51.3 Å². The van der Waals surface area contributed by atoms with Gasteiger partial charge in [0.25, 0.3) is 0 Å². The molecule has 0 aliphatic carbocycles. The molecular formula is C17H29N2O7S-. The number of carbonyl (C=O) groups is 1. The topological polar surface area (TPSA) is 152 Å². The standard InChI is InChI=1S/C17H27N2O6S.H2O/c1-17(2,3)25-16(21)19-26(4,23)12-13-9-14(18-22)11-15(10-13)24-8-6-5-7-20;/h9-11,18,20H,5-8,12H2,1-4H3;1H2/q-1;. The first-order chi connectivity index (χ1) is 12.0. The van der Waals surface area contributed by atoms with Crippen LogP contribution in [0.15, 0.2) is 22.6 Å². The number of nitrogens with one attached hydrogen (secondary N) is 1. The average molecular weight is 405 g/mol. The quantitative estimate of drug-likeness (QED) is 0.497. The Hall–Kier alpha value is -1.88. The summed E-state index contributed by atoms with van der Waals surface area (Å²) in [6.07, 6.45) is 1.75. The Morgan fingerprint density at radius 1 is 1.30 bits per heavy atom. The molecule has 0 saturated heterocycles. The monoisotopic (exact) mass is 405 g/mol. The summed E-state index contributed by atoms with van der Waals surface area (Å²) in [5, 5.41) is 19.8. The van der Waals surface area contributed by atoms with Crippen LogP contribution in [0.4, 0.5) is 10.5 Å². The number of hydrogen-bond acceptors (Lipinski definition) is 7. The van der Waals surface area contributed by atoms with Crippen LogP contribution in [-0.2, 0) is 20.2 Å². The maximum Gasteiger partial charge on any atom is 0.442 e. The minimum Gasteiger partial charge on any atom is -0.761 e. The summed E-state index contributed by atoms with van der Waals surface area (Å²) in [4.78, 5) is 11.8. The van der Waals surface area contributed by atoms with Crippen LogP contribution in [0.5, 0.6) is 5.75 Å². The van der Waals surface area contributed by atoms with E-state index in [-0.39, 0.29) is 23.5 Å². The fraction of sp³-hybridized carbons (Fsp3) is 0.588. The molecule has 1 amide bonds. The molecule has 1 aromatic carbocycles. The summed E-state index contributed by atoms with van der Waals surface area (Å²) in [5.74, 6) is 0.403. The van der Waals surface area contributed by atoms with Crippen molar-refractivity contribution >= 4 is 21.5 Å². The lowest BCUT2D eigenvalue weighted by atomic mass is 10.2. The second-order valence-corrected chi connectivity index (χ2v) is 9.31. The number of anilines is 1. The number of hydrogen-bond donors (Lipinski definition) is 2. The molecule has 0 radical (unpaired) electrons. The summed E-state index contributed by atoms with van der Waals surface area (Å²) in [6, 6.07) is 4.70. The van der Waals surface area contributed by atoms with Crippen molar-refractivity contribution in [2.75, 3.05) is 24.9 Å². The van der Waals surface area contributed by atoms with Crippen LogP contribution in [0.1, 0.15) is 39.2 Å². The molecule has 4 N–H and O–H groups in total. The predicted molar refractivity (Wildman–Crippen MR) is 105 cm³/mol. The van der Waals surface area contributed by atoms with Gasteiger partial charge in [-0.25, -0.2) is 9.00 Å². The Bertz CT molecular complexity index is 722. The van der Waals surface area contributed by atoms with Crippen LogP contribution in [0.3, 0.4) is 0 Å². The fourth-order valence-corrected chi connectivity index (χ4v) is 3.27. The first-order valence-electron chi connectivity index (χ1n) is 8.23. The van der Waals surface area contributed by atoms with Gasteiger partial charge in [-0.15, -0.1) is 4.36 Å². The molecule has 0 bridgehead atoms. The van der Waals surface area contributed by atoms with Gasteiger partial charge in [0.15, 0.2) is 0 Å². The van der Waals surface area contributed by atoms with Crippen molar-refractivity contribution in [2.45, 2.75) is 45.0 Å². The van der Waals surface area contributed by atoms with Crippen LogP contribution in [0.2, 0.25) is 0 Å². The van der Waals surface area contributed by atoms with E-state index in [1.165, 1.54) is 18.4 Å². The molecule has 10 heteroatoms. The Labute approximate surface area is 160 Å². The maximum atomic E-state index is 12.6. The third-order valence-electron chi connectivity index (χ3n) is 3.00. The molecule has 0 fully saturated rings. The summed E-state index contributed by atoms with van der Waals surface area (Å²) >= 11 is 0. The molecule has 0 aliphatic heterocycles. The number of amides is 1. The normalized spacial score (nSPS) is 13.1. The highest BCUT2D eigenvalue weighted by Gasteiger charge is 2.17. The van der Waals surface area contributed by atoms with Gasteiger partial charge >= 0.3 is 6.09 Å². The molecule has 156 valence electrons. The van der Waals surface area contributed by atoms with Crippen molar-refractivity contribution in [1.82, 2.24) is 0 Å². The van der Waals surface area contributed by atoms with Crippen LogP contribution in [0.25, 0.3) is 0 Å². The molecule has 0 saturated carbocycles. The smallest absolute Gasteiger partial charge is 0.442 e. The van der Waals surface area contributed by atoms with Crippen molar-refractivity contribution in [1.29, 1.82) is 0 Å². The Kier molecular flexibility index (Phi) is 10.3. The number of rotatable bonds is 8. The van der Waals surface area contributed by atoms with Crippen LogP contribution in [0, 0.1) is 5.21 Å². The Morgan fingerprint density at radius 2 is 1.96 bits per heavy atom. The van der Waals surface area contributed by atoms with Gasteiger partial charge in [0, 0.05) is 24.6 Å². The van der Waals surface area contributed by atoms with Gasteiger partial charge in [0.1, 0.15) is 11.4 Å². The van der Waals surface area contributed by atoms with E-state index in [1.54, 1.807) is 32.3 Å². The molecule has 0 aromatic heterocycles. The number of aliphatic hydroxyl groups is 1. The van der Waals surface area contributed by atoms with E-state index in [0.29, 0.717) is 30.8 Å². The van der Waals surface area contributed by atoms with E-state index < -0.39 is 21.4 Å². The van der Waals surface area contributed by atoms with Gasteiger partial charge in [-0.1, -0.05) is 0 Å². The largest absolute Gasteiger partial charge is 0.761 e. The summed E-state index contributed by atoms with van der Waals surface area (Å²) < 4.78 is 26.9. The molecule has 0 heterocycles. The van der Waals surface area contributed by atoms with Gasteiger partial charge in [-0.2, -0.15) is 0 Å². The second kappa shape index (κ2) is 11.1. The number of aliphatic hydroxyl groups excluding tert-OH is 1. The van der Waals surface area contributed by atoms with Crippen molar-refractivity contribution in [2.24, 2.45) is 4.36 Å². The molecule has 1 unspecified atom stereocenters. The molecule has 1 aromatic rings. The first-order valence-corrected chi connectivity index (χ1v) is 10.3. The van der Waals surface area contributed by atoms with Gasteiger partial charge in [-0.3, -0.25) is 0 Å². The lowest BCUT2D eigenvalue weighted by Crippen LogP contribution is -2.22.